The Morgan fingerprint density at radius 2 is 1.57 bits per heavy atom. The Hall–Kier alpha value is -3.60. The Balaban J connectivity index is 1.73. The standard InChI is InChI=1S/C23H22N2O3/c1-28-20-14-8-13-19(15-20)24-22(26)16-21(17-9-4-2-5-10-17)25-23(27)18-11-6-3-7-12-18/h2-15,21H,16H2,1H3,(H,24,26)(H,25,27). The van der Waals surface area contributed by atoms with Crippen LogP contribution in [0.15, 0.2) is 84.9 Å². The third-order valence-electron chi connectivity index (χ3n) is 4.29. The first kappa shape index (κ1) is 19.2. The summed E-state index contributed by atoms with van der Waals surface area (Å²) in [6.07, 6.45) is 0.111. The van der Waals surface area contributed by atoms with Gasteiger partial charge in [-0.05, 0) is 29.8 Å². The van der Waals surface area contributed by atoms with Crippen molar-refractivity contribution in [2.24, 2.45) is 0 Å². The topological polar surface area (TPSA) is 67.4 Å². The van der Waals surface area contributed by atoms with Crippen LogP contribution in [0.25, 0.3) is 0 Å². The van der Waals surface area contributed by atoms with Gasteiger partial charge in [-0.3, -0.25) is 9.59 Å². The quantitative estimate of drug-likeness (QED) is 0.651. The maximum Gasteiger partial charge on any atom is 0.251 e. The van der Waals surface area contributed by atoms with Gasteiger partial charge in [0.2, 0.25) is 5.91 Å². The van der Waals surface area contributed by atoms with Crippen LogP contribution in [0.2, 0.25) is 0 Å². The van der Waals surface area contributed by atoms with Gasteiger partial charge in [-0.25, -0.2) is 0 Å². The van der Waals surface area contributed by atoms with Crippen LogP contribution in [-0.4, -0.2) is 18.9 Å². The summed E-state index contributed by atoms with van der Waals surface area (Å²) in [5.41, 5.74) is 2.06. The molecule has 5 heteroatoms. The molecule has 0 aromatic heterocycles. The van der Waals surface area contributed by atoms with Gasteiger partial charge in [0, 0.05) is 17.3 Å². The Bertz CT molecular complexity index is 927. The summed E-state index contributed by atoms with van der Waals surface area (Å²) in [5.74, 6) is 0.244. The second-order valence-corrected chi connectivity index (χ2v) is 6.29. The van der Waals surface area contributed by atoms with Crippen molar-refractivity contribution in [1.82, 2.24) is 5.32 Å². The smallest absolute Gasteiger partial charge is 0.251 e. The number of anilines is 1. The number of carbonyl (C=O) groups is 2. The van der Waals surface area contributed by atoms with Crippen molar-refractivity contribution in [2.75, 3.05) is 12.4 Å². The van der Waals surface area contributed by atoms with E-state index in [1.807, 2.05) is 54.6 Å². The van der Waals surface area contributed by atoms with E-state index in [1.54, 1.807) is 37.4 Å². The molecule has 2 N–H and O–H groups in total. The van der Waals surface area contributed by atoms with Gasteiger partial charge in [0.15, 0.2) is 0 Å². The lowest BCUT2D eigenvalue weighted by atomic mass is 10.0. The third-order valence-corrected chi connectivity index (χ3v) is 4.29. The Labute approximate surface area is 164 Å². The molecule has 1 atom stereocenters. The third kappa shape index (κ3) is 5.20. The highest BCUT2D eigenvalue weighted by Crippen LogP contribution is 2.21. The molecule has 0 radical (unpaired) electrons. The lowest BCUT2D eigenvalue weighted by molar-refractivity contribution is -0.116. The molecule has 0 aliphatic rings. The van der Waals surface area contributed by atoms with E-state index in [2.05, 4.69) is 10.6 Å². The Morgan fingerprint density at radius 1 is 0.893 bits per heavy atom. The minimum atomic E-state index is -0.445. The van der Waals surface area contributed by atoms with E-state index in [9.17, 15) is 9.59 Å². The average molecular weight is 374 g/mol. The highest BCUT2D eigenvalue weighted by Gasteiger charge is 2.19. The van der Waals surface area contributed by atoms with Crippen LogP contribution in [0.4, 0.5) is 5.69 Å². The number of rotatable bonds is 7. The highest BCUT2D eigenvalue weighted by atomic mass is 16.5. The van der Waals surface area contributed by atoms with Crippen LogP contribution in [-0.2, 0) is 4.79 Å². The van der Waals surface area contributed by atoms with Crippen molar-refractivity contribution >= 4 is 17.5 Å². The lowest BCUT2D eigenvalue weighted by Gasteiger charge is -2.19. The van der Waals surface area contributed by atoms with Crippen LogP contribution >= 0.6 is 0 Å². The summed E-state index contributed by atoms with van der Waals surface area (Å²) in [6, 6.07) is 25.1. The first-order valence-electron chi connectivity index (χ1n) is 9.00. The first-order chi connectivity index (χ1) is 13.7. The number of nitrogens with one attached hydrogen (secondary N) is 2. The number of benzene rings is 3. The van der Waals surface area contributed by atoms with E-state index >= 15 is 0 Å². The van der Waals surface area contributed by atoms with E-state index in [1.165, 1.54) is 0 Å². The summed E-state index contributed by atoms with van der Waals surface area (Å²) < 4.78 is 5.18. The van der Waals surface area contributed by atoms with Gasteiger partial charge >= 0.3 is 0 Å². The number of hydrogen-bond donors (Lipinski definition) is 2. The number of amides is 2. The zero-order chi connectivity index (χ0) is 19.8. The molecule has 0 aliphatic carbocycles. The van der Waals surface area contributed by atoms with E-state index in [0.29, 0.717) is 17.0 Å². The normalized spacial score (nSPS) is 11.3. The molecule has 28 heavy (non-hydrogen) atoms. The second kappa shape index (κ2) is 9.37. The molecule has 3 rings (SSSR count). The van der Waals surface area contributed by atoms with E-state index in [4.69, 9.17) is 4.74 Å². The first-order valence-corrected chi connectivity index (χ1v) is 9.00. The van der Waals surface area contributed by atoms with Crippen molar-refractivity contribution in [1.29, 1.82) is 0 Å². The lowest BCUT2D eigenvalue weighted by Crippen LogP contribution is -2.31. The van der Waals surface area contributed by atoms with Crippen LogP contribution in [0.1, 0.15) is 28.4 Å². The second-order valence-electron chi connectivity index (χ2n) is 6.29. The van der Waals surface area contributed by atoms with Crippen LogP contribution in [0, 0.1) is 0 Å². The van der Waals surface area contributed by atoms with E-state index in [0.717, 1.165) is 5.56 Å². The molecular formula is C23H22N2O3. The highest BCUT2D eigenvalue weighted by molar-refractivity contribution is 5.95. The number of ether oxygens (including phenoxy) is 1. The van der Waals surface area contributed by atoms with Gasteiger partial charge in [-0.15, -0.1) is 0 Å². The molecule has 0 fully saturated rings. The maximum atomic E-state index is 12.6. The molecule has 0 spiro atoms. The monoisotopic (exact) mass is 374 g/mol. The number of carbonyl (C=O) groups excluding carboxylic acids is 2. The fourth-order valence-electron chi connectivity index (χ4n) is 2.87. The van der Waals surface area contributed by atoms with Crippen molar-refractivity contribution < 1.29 is 14.3 Å². The zero-order valence-electron chi connectivity index (χ0n) is 15.6. The number of hydrogen-bond acceptors (Lipinski definition) is 3. The summed E-state index contributed by atoms with van der Waals surface area (Å²) >= 11 is 0. The number of methoxy groups -OCH3 is 1. The minimum absolute atomic E-state index is 0.111. The molecule has 5 nitrogen and oxygen atoms in total. The molecule has 0 heterocycles. The van der Waals surface area contributed by atoms with Crippen LogP contribution < -0.4 is 15.4 Å². The van der Waals surface area contributed by atoms with Crippen molar-refractivity contribution in [3.63, 3.8) is 0 Å². The van der Waals surface area contributed by atoms with Gasteiger partial charge in [-0.2, -0.15) is 0 Å². The Kier molecular flexibility index (Phi) is 6.41. The SMILES string of the molecule is COc1cccc(NC(=O)CC(NC(=O)c2ccccc2)c2ccccc2)c1. The van der Waals surface area contributed by atoms with E-state index < -0.39 is 6.04 Å². The molecule has 0 bridgehead atoms. The van der Waals surface area contributed by atoms with Crippen molar-refractivity contribution in [2.45, 2.75) is 12.5 Å². The molecule has 0 saturated carbocycles. The molecule has 2 amide bonds. The predicted octanol–water partition coefficient (Wildman–Crippen LogP) is 4.20. The average Bonchev–Trinajstić information content (AvgIpc) is 2.74. The Morgan fingerprint density at radius 3 is 2.25 bits per heavy atom. The van der Waals surface area contributed by atoms with Crippen molar-refractivity contribution in [3.05, 3.63) is 96.1 Å². The maximum absolute atomic E-state index is 12.6. The van der Waals surface area contributed by atoms with Gasteiger partial charge in [0.05, 0.1) is 19.6 Å². The molecule has 0 aliphatic heterocycles. The molecular weight excluding hydrogens is 352 g/mol. The fraction of sp³-hybridized carbons (Fsp3) is 0.130. The van der Waals surface area contributed by atoms with Gasteiger partial charge in [0.1, 0.15) is 5.75 Å². The summed E-state index contributed by atoms with van der Waals surface area (Å²) in [7, 11) is 1.57. The van der Waals surface area contributed by atoms with Gasteiger partial charge in [0.25, 0.3) is 5.91 Å². The zero-order valence-corrected chi connectivity index (χ0v) is 15.6. The summed E-state index contributed by atoms with van der Waals surface area (Å²) in [6.45, 7) is 0. The molecule has 1 unspecified atom stereocenters. The molecule has 3 aromatic carbocycles. The predicted molar refractivity (Wildman–Crippen MR) is 109 cm³/mol. The van der Waals surface area contributed by atoms with E-state index in [-0.39, 0.29) is 18.2 Å². The largest absolute Gasteiger partial charge is 0.497 e. The van der Waals surface area contributed by atoms with Crippen LogP contribution in [0.5, 0.6) is 5.75 Å². The van der Waals surface area contributed by atoms with Crippen molar-refractivity contribution in [3.8, 4) is 5.75 Å². The van der Waals surface area contributed by atoms with Crippen LogP contribution in [0.3, 0.4) is 0 Å². The van der Waals surface area contributed by atoms with Gasteiger partial charge in [-0.1, -0.05) is 54.6 Å². The molecule has 0 saturated heterocycles. The summed E-state index contributed by atoms with van der Waals surface area (Å²) in [5, 5.41) is 5.82. The van der Waals surface area contributed by atoms with Gasteiger partial charge < -0.3 is 15.4 Å². The molecule has 142 valence electrons. The minimum Gasteiger partial charge on any atom is -0.497 e. The summed E-state index contributed by atoms with van der Waals surface area (Å²) in [4.78, 5) is 25.2. The molecule has 3 aromatic rings. The fourth-order valence-corrected chi connectivity index (χ4v) is 2.87.